The molecule has 0 amide bonds. The van der Waals surface area contributed by atoms with E-state index >= 15 is 0 Å². The van der Waals surface area contributed by atoms with Crippen molar-refractivity contribution in [3.63, 3.8) is 0 Å². The van der Waals surface area contributed by atoms with Gasteiger partial charge in [0.25, 0.3) is 5.56 Å². The molecule has 0 radical (unpaired) electrons. The van der Waals surface area contributed by atoms with Crippen molar-refractivity contribution in [2.45, 2.75) is 19.1 Å². The molecule has 1 atom stereocenters. The van der Waals surface area contributed by atoms with Crippen LogP contribution in [0, 0.1) is 12.3 Å². The molecule has 10 heteroatoms. The highest BCUT2D eigenvalue weighted by Crippen LogP contribution is 2.24. The van der Waals surface area contributed by atoms with Gasteiger partial charge in [-0.15, -0.1) is 17.8 Å². The first-order valence-electron chi connectivity index (χ1n) is 11.9. The Balaban J connectivity index is 1.32. The highest BCUT2D eigenvalue weighted by molar-refractivity contribution is 7.10. The zero-order valence-electron chi connectivity index (χ0n) is 19.8. The third kappa shape index (κ3) is 4.70. The number of hydrogen-bond donors (Lipinski definition) is 2. The lowest BCUT2D eigenvalue weighted by atomic mass is 10.2. The molecule has 1 aromatic carbocycles. The highest BCUT2D eigenvalue weighted by Gasteiger charge is 2.17. The van der Waals surface area contributed by atoms with Crippen LogP contribution in [-0.4, -0.2) is 43.5 Å². The molecule has 5 heterocycles. The number of rotatable bonds is 7. The number of hydrogen-bond acceptors (Lipinski definition) is 8. The van der Waals surface area contributed by atoms with Crippen LogP contribution in [0.3, 0.4) is 0 Å². The summed E-state index contributed by atoms with van der Waals surface area (Å²) in [7, 11) is 0. The maximum atomic E-state index is 13.3. The van der Waals surface area contributed by atoms with Crippen LogP contribution in [0.4, 0.5) is 11.6 Å². The average Bonchev–Trinajstić information content (AvgIpc) is 3.70. The van der Waals surface area contributed by atoms with Crippen LogP contribution in [0.15, 0.2) is 71.2 Å². The smallest absolute Gasteiger partial charge is 0.268 e. The van der Waals surface area contributed by atoms with Crippen LogP contribution in [-0.2, 0) is 6.54 Å². The van der Waals surface area contributed by atoms with E-state index in [1.165, 1.54) is 0 Å². The monoisotopic (exact) mass is 509 g/mol. The van der Waals surface area contributed by atoms with E-state index in [-0.39, 0.29) is 17.2 Å². The average molecular weight is 510 g/mol. The molecule has 0 saturated carbocycles. The van der Waals surface area contributed by atoms with E-state index in [0.717, 1.165) is 41.5 Å². The van der Waals surface area contributed by atoms with Crippen molar-refractivity contribution in [2.24, 2.45) is 0 Å². The Morgan fingerprint density at radius 1 is 1.27 bits per heavy atom. The molecule has 184 valence electrons. The number of ether oxygens (including phenoxy) is 1. The van der Waals surface area contributed by atoms with Crippen LogP contribution < -0.4 is 20.9 Å². The first-order chi connectivity index (χ1) is 18.2. The maximum Gasteiger partial charge on any atom is 0.268 e. The Morgan fingerprint density at radius 3 is 2.92 bits per heavy atom. The fourth-order valence-corrected chi connectivity index (χ4v) is 5.19. The normalized spacial score (nSPS) is 15.1. The van der Waals surface area contributed by atoms with Crippen molar-refractivity contribution in [3.8, 4) is 23.8 Å². The second-order valence-electron chi connectivity index (χ2n) is 8.63. The van der Waals surface area contributed by atoms with Gasteiger partial charge in [-0.2, -0.15) is 10.1 Å². The fraction of sp³-hybridized carbons (Fsp3) is 0.185. The summed E-state index contributed by atoms with van der Waals surface area (Å²) in [4.78, 5) is 23.4. The quantitative estimate of drug-likeness (QED) is 0.324. The van der Waals surface area contributed by atoms with Crippen molar-refractivity contribution in [1.29, 1.82) is 0 Å². The minimum absolute atomic E-state index is 0.199. The molecule has 4 aromatic heterocycles. The van der Waals surface area contributed by atoms with Crippen molar-refractivity contribution < 1.29 is 4.74 Å². The van der Waals surface area contributed by atoms with Crippen LogP contribution in [0.25, 0.3) is 16.7 Å². The van der Waals surface area contributed by atoms with Gasteiger partial charge >= 0.3 is 0 Å². The molecule has 5 aromatic rings. The summed E-state index contributed by atoms with van der Waals surface area (Å²) in [6, 6.07) is 13.2. The van der Waals surface area contributed by atoms with Gasteiger partial charge in [-0.05, 0) is 60.8 Å². The van der Waals surface area contributed by atoms with Crippen molar-refractivity contribution in [3.05, 3.63) is 87.2 Å². The third-order valence-corrected chi connectivity index (χ3v) is 7.08. The standard InChI is InChI=1S/C27H23N7O2S/c1-2-18-14-19-15-29-27(31-20-4-6-21(7-5-20)36-22-8-11-28-16-22)32-25(19)33(26(18)35)17-24-23(9-13-37-24)34-12-3-10-30-34/h1,3-7,9-10,12-15,22,28H,8,11,16-17H2,(H,29,31,32). The van der Waals surface area contributed by atoms with E-state index in [1.54, 1.807) is 39.0 Å². The van der Waals surface area contributed by atoms with E-state index in [2.05, 4.69) is 26.6 Å². The highest BCUT2D eigenvalue weighted by atomic mass is 32.1. The zero-order chi connectivity index (χ0) is 25.2. The Bertz CT molecular complexity index is 1640. The Labute approximate surface area is 216 Å². The summed E-state index contributed by atoms with van der Waals surface area (Å²) in [6.45, 7) is 2.15. The lowest BCUT2D eigenvalue weighted by molar-refractivity contribution is 0.223. The number of nitrogens with one attached hydrogen (secondary N) is 2. The SMILES string of the molecule is C#Cc1cc2cnc(Nc3ccc(OC4CCNC4)cc3)nc2n(Cc2sccc2-n2cccn2)c1=O. The molecule has 0 bridgehead atoms. The minimum atomic E-state index is -0.276. The molecule has 1 aliphatic rings. The number of aromatic nitrogens is 5. The predicted octanol–water partition coefficient (Wildman–Crippen LogP) is 3.55. The summed E-state index contributed by atoms with van der Waals surface area (Å²) < 4.78 is 9.37. The molecular formula is C27H23N7O2S. The van der Waals surface area contributed by atoms with Gasteiger partial charge in [-0.1, -0.05) is 5.92 Å². The summed E-state index contributed by atoms with van der Waals surface area (Å²) in [5.41, 5.74) is 2.20. The molecule has 0 spiro atoms. The van der Waals surface area contributed by atoms with Crippen LogP contribution in [0.5, 0.6) is 5.75 Å². The summed E-state index contributed by atoms with van der Waals surface area (Å²) in [6.07, 6.45) is 12.1. The van der Waals surface area contributed by atoms with Gasteiger partial charge in [-0.3, -0.25) is 9.36 Å². The lowest BCUT2D eigenvalue weighted by Crippen LogP contribution is -2.24. The Morgan fingerprint density at radius 2 is 2.16 bits per heavy atom. The van der Waals surface area contributed by atoms with Crippen LogP contribution in [0.2, 0.25) is 0 Å². The molecular weight excluding hydrogens is 486 g/mol. The second kappa shape index (κ2) is 9.89. The van der Waals surface area contributed by atoms with Gasteiger partial charge in [0.1, 0.15) is 17.5 Å². The van der Waals surface area contributed by atoms with Gasteiger partial charge in [0.15, 0.2) is 0 Å². The molecule has 0 aliphatic carbocycles. The number of thiophene rings is 1. The molecule has 9 nitrogen and oxygen atoms in total. The molecule has 37 heavy (non-hydrogen) atoms. The van der Waals surface area contributed by atoms with E-state index < -0.39 is 0 Å². The van der Waals surface area contributed by atoms with E-state index in [0.29, 0.717) is 23.5 Å². The van der Waals surface area contributed by atoms with Gasteiger partial charge in [0, 0.05) is 36.2 Å². The number of nitrogens with zero attached hydrogens (tertiary/aromatic N) is 5. The lowest BCUT2D eigenvalue weighted by Gasteiger charge is -2.14. The van der Waals surface area contributed by atoms with Crippen molar-refractivity contribution >= 4 is 34.0 Å². The fourth-order valence-electron chi connectivity index (χ4n) is 4.35. The minimum Gasteiger partial charge on any atom is -0.489 e. The summed E-state index contributed by atoms with van der Waals surface area (Å²) in [5, 5.41) is 13.5. The molecule has 1 aliphatic heterocycles. The summed E-state index contributed by atoms with van der Waals surface area (Å²) in [5.74, 6) is 3.69. The number of benzene rings is 1. The van der Waals surface area contributed by atoms with E-state index in [9.17, 15) is 4.79 Å². The van der Waals surface area contributed by atoms with Gasteiger partial charge in [0.05, 0.1) is 22.7 Å². The third-order valence-electron chi connectivity index (χ3n) is 6.19. The number of terminal acetylenes is 1. The molecule has 6 rings (SSSR count). The Kier molecular flexibility index (Phi) is 6.14. The first-order valence-corrected chi connectivity index (χ1v) is 12.7. The molecule has 1 unspecified atom stereocenters. The van der Waals surface area contributed by atoms with Gasteiger partial charge < -0.3 is 15.4 Å². The van der Waals surface area contributed by atoms with Crippen molar-refractivity contribution in [1.82, 2.24) is 29.6 Å². The van der Waals surface area contributed by atoms with Crippen molar-refractivity contribution in [2.75, 3.05) is 18.4 Å². The first kappa shape index (κ1) is 23.0. The Hall–Kier alpha value is -4.46. The van der Waals surface area contributed by atoms with Crippen LogP contribution >= 0.6 is 11.3 Å². The molecule has 2 N–H and O–H groups in total. The summed E-state index contributed by atoms with van der Waals surface area (Å²) >= 11 is 1.55. The number of pyridine rings is 1. The molecule has 1 saturated heterocycles. The predicted molar refractivity (Wildman–Crippen MR) is 144 cm³/mol. The molecule has 1 fully saturated rings. The van der Waals surface area contributed by atoms with Gasteiger partial charge in [0.2, 0.25) is 5.95 Å². The zero-order valence-corrected chi connectivity index (χ0v) is 20.6. The number of fused-ring (bicyclic) bond motifs is 1. The largest absolute Gasteiger partial charge is 0.489 e. The van der Waals surface area contributed by atoms with E-state index in [4.69, 9.17) is 16.1 Å². The topological polar surface area (TPSA) is 98.9 Å². The maximum absolute atomic E-state index is 13.3. The van der Waals surface area contributed by atoms with E-state index in [1.807, 2.05) is 48.0 Å². The second-order valence-corrected chi connectivity index (χ2v) is 9.63. The number of anilines is 2. The van der Waals surface area contributed by atoms with Crippen LogP contribution in [0.1, 0.15) is 16.9 Å². The van der Waals surface area contributed by atoms with Gasteiger partial charge in [-0.25, -0.2) is 9.67 Å².